The number of nitrogens with zero attached hydrogens (tertiary/aromatic N) is 1. The molecule has 24 heavy (non-hydrogen) atoms. The van der Waals surface area contributed by atoms with Gasteiger partial charge in [-0.05, 0) is 25.0 Å². The van der Waals surface area contributed by atoms with Crippen LogP contribution in [0.5, 0.6) is 5.75 Å². The van der Waals surface area contributed by atoms with E-state index >= 15 is 0 Å². The van der Waals surface area contributed by atoms with Crippen LogP contribution in [0.25, 0.3) is 0 Å². The van der Waals surface area contributed by atoms with E-state index in [0.717, 1.165) is 43.9 Å². The van der Waals surface area contributed by atoms with Gasteiger partial charge in [-0.1, -0.05) is 6.07 Å². The van der Waals surface area contributed by atoms with E-state index in [1.165, 1.54) is 13.2 Å². The van der Waals surface area contributed by atoms with Gasteiger partial charge in [-0.2, -0.15) is 13.2 Å². The number of aliphatic hydroxyl groups excluding tert-OH is 1. The van der Waals surface area contributed by atoms with Crippen LogP contribution in [0.1, 0.15) is 30.0 Å². The van der Waals surface area contributed by atoms with Gasteiger partial charge in [-0.25, -0.2) is 0 Å². The zero-order valence-electron chi connectivity index (χ0n) is 13.6. The second kappa shape index (κ2) is 9.46. The fourth-order valence-electron chi connectivity index (χ4n) is 2.98. The molecule has 0 spiro atoms. The number of hydrogen-bond donors (Lipinski definition) is 2. The molecule has 0 aliphatic carbocycles. The predicted octanol–water partition coefficient (Wildman–Crippen LogP) is 2.85. The number of benzene rings is 1. The van der Waals surface area contributed by atoms with Crippen molar-refractivity contribution in [2.45, 2.75) is 25.1 Å². The van der Waals surface area contributed by atoms with E-state index in [4.69, 9.17) is 9.84 Å². The van der Waals surface area contributed by atoms with Crippen LogP contribution in [0.2, 0.25) is 0 Å². The molecule has 1 saturated heterocycles. The van der Waals surface area contributed by atoms with E-state index in [1.54, 1.807) is 0 Å². The Hall–Kier alpha value is -1.02. The molecule has 1 aliphatic heterocycles. The quantitative estimate of drug-likeness (QED) is 0.810. The molecular formula is C16H24ClF3N2O2. The monoisotopic (exact) mass is 368 g/mol. The zero-order chi connectivity index (χ0) is 16.9. The Labute approximate surface area is 146 Å². The highest BCUT2D eigenvalue weighted by Gasteiger charge is 2.32. The van der Waals surface area contributed by atoms with Crippen LogP contribution in [0.15, 0.2) is 18.2 Å². The minimum Gasteiger partial charge on any atom is -0.496 e. The number of halogens is 4. The Morgan fingerprint density at radius 2 is 1.96 bits per heavy atom. The fraction of sp³-hybridized carbons (Fsp3) is 0.625. The van der Waals surface area contributed by atoms with Gasteiger partial charge in [0.25, 0.3) is 0 Å². The van der Waals surface area contributed by atoms with Crippen LogP contribution < -0.4 is 10.1 Å². The number of aliphatic hydroxyl groups is 1. The molecule has 1 heterocycles. The standard InChI is InChI=1S/C16H23F3N2O2.ClH/c1-23-15-11-12(16(17,18)19)4-5-13(15)14(3-2-10-22)21-8-6-20-7-9-21;/h4-5,11,14,20,22H,2-3,6-10H2,1H3;1H/t14-;/m0./s1. The molecule has 2 N–H and O–H groups in total. The molecule has 1 atom stereocenters. The van der Waals surface area contributed by atoms with Gasteiger partial charge in [0.05, 0.1) is 12.7 Å². The molecular weight excluding hydrogens is 345 g/mol. The third kappa shape index (κ3) is 5.24. The molecule has 0 aromatic heterocycles. The molecule has 1 fully saturated rings. The smallest absolute Gasteiger partial charge is 0.416 e. The number of nitrogens with one attached hydrogen (secondary N) is 1. The fourth-order valence-corrected chi connectivity index (χ4v) is 2.98. The molecule has 4 nitrogen and oxygen atoms in total. The van der Waals surface area contributed by atoms with Gasteiger partial charge in [-0.15, -0.1) is 12.4 Å². The van der Waals surface area contributed by atoms with E-state index in [2.05, 4.69) is 10.2 Å². The Kier molecular flexibility index (Phi) is 8.29. The summed E-state index contributed by atoms with van der Waals surface area (Å²) in [6, 6.07) is 3.61. The van der Waals surface area contributed by atoms with E-state index in [9.17, 15) is 13.2 Å². The highest BCUT2D eigenvalue weighted by molar-refractivity contribution is 5.85. The van der Waals surface area contributed by atoms with Crippen molar-refractivity contribution < 1.29 is 23.0 Å². The number of piperazine rings is 1. The molecule has 0 radical (unpaired) electrons. The first-order valence-electron chi connectivity index (χ1n) is 7.78. The van der Waals surface area contributed by atoms with E-state index in [1.807, 2.05) is 0 Å². The molecule has 8 heteroatoms. The molecule has 1 aliphatic rings. The minimum atomic E-state index is -4.39. The van der Waals surface area contributed by atoms with Crippen LogP contribution >= 0.6 is 12.4 Å². The maximum Gasteiger partial charge on any atom is 0.416 e. The molecule has 0 bridgehead atoms. The van der Waals surface area contributed by atoms with E-state index in [-0.39, 0.29) is 30.8 Å². The van der Waals surface area contributed by atoms with Gasteiger partial charge in [0, 0.05) is 44.4 Å². The Morgan fingerprint density at radius 1 is 1.29 bits per heavy atom. The summed E-state index contributed by atoms with van der Waals surface area (Å²) in [6.07, 6.45) is -3.11. The van der Waals surface area contributed by atoms with Gasteiger partial charge in [0.1, 0.15) is 5.75 Å². The molecule has 2 rings (SSSR count). The zero-order valence-corrected chi connectivity index (χ0v) is 14.4. The summed E-state index contributed by atoms with van der Waals surface area (Å²) < 4.78 is 43.9. The number of hydrogen-bond acceptors (Lipinski definition) is 4. The average Bonchev–Trinajstić information content (AvgIpc) is 2.55. The Morgan fingerprint density at radius 3 is 2.50 bits per heavy atom. The van der Waals surface area contributed by atoms with Crippen molar-refractivity contribution in [3.63, 3.8) is 0 Å². The van der Waals surface area contributed by atoms with Gasteiger partial charge in [-0.3, -0.25) is 4.90 Å². The lowest BCUT2D eigenvalue weighted by Gasteiger charge is -2.36. The second-order valence-electron chi connectivity index (χ2n) is 5.62. The van der Waals surface area contributed by atoms with Crippen LogP contribution in [0, 0.1) is 0 Å². The van der Waals surface area contributed by atoms with Gasteiger partial charge in [0.15, 0.2) is 0 Å². The van der Waals surface area contributed by atoms with E-state index in [0.29, 0.717) is 12.8 Å². The molecule has 1 aromatic carbocycles. The lowest BCUT2D eigenvalue weighted by Crippen LogP contribution is -2.45. The van der Waals surface area contributed by atoms with Crippen LogP contribution in [0.4, 0.5) is 13.2 Å². The first-order valence-corrected chi connectivity index (χ1v) is 7.78. The first-order chi connectivity index (χ1) is 11.0. The number of rotatable bonds is 6. The largest absolute Gasteiger partial charge is 0.496 e. The maximum absolute atomic E-state index is 12.9. The summed E-state index contributed by atoms with van der Waals surface area (Å²) >= 11 is 0. The predicted molar refractivity (Wildman–Crippen MR) is 88.7 cm³/mol. The van der Waals surface area contributed by atoms with Crippen molar-refractivity contribution in [1.82, 2.24) is 10.2 Å². The molecule has 0 amide bonds. The molecule has 138 valence electrons. The maximum atomic E-state index is 12.9. The Bertz CT molecular complexity index is 509. The van der Waals surface area contributed by atoms with Crippen LogP contribution in [-0.4, -0.2) is 49.9 Å². The summed E-state index contributed by atoms with van der Waals surface area (Å²) in [5.74, 6) is 0.251. The van der Waals surface area contributed by atoms with Crippen molar-refractivity contribution >= 4 is 12.4 Å². The SMILES string of the molecule is COc1cc(C(F)(F)F)ccc1[C@H](CCCO)N1CCNCC1.Cl. The summed E-state index contributed by atoms with van der Waals surface area (Å²) in [4.78, 5) is 2.23. The average molecular weight is 369 g/mol. The van der Waals surface area contributed by atoms with Crippen molar-refractivity contribution in [1.29, 1.82) is 0 Å². The lowest BCUT2D eigenvalue weighted by atomic mass is 9.97. The summed E-state index contributed by atoms with van der Waals surface area (Å²) in [5, 5.41) is 12.4. The van der Waals surface area contributed by atoms with Crippen LogP contribution in [0.3, 0.4) is 0 Å². The molecule has 0 unspecified atom stereocenters. The van der Waals surface area contributed by atoms with Gasteiger partial charge >= 0.3 is 6.18 Å². The Balaban J connectivity index is 0.00000288. The normalized spacial score (nSPS) is 17.2. The highest BCUT2D eigenvalue weighted by atomic mass is 35.5. The van der Waals surface area contributed by atoms with E-state index < -0.39 is 11.7 Å². The van der Waals surface area contributed by atoms with Crippen molar-refractivity contribution in [3.8, 4) is 5.75 Å². The lowest BCUT2D eigenvalue weighted by molar-refractivity contribution is -0.137. The third-order valence-electron chi connectivity index (χ3n) is 4.15. The number of methoxy groups -OCH3 is 1. The van der Waals surface area contributed by atoms with Crippen molar-refractivity contribution in [3.05, 3.63) is 29.3 Å². The second-order valence-corrected chi connectivity index (χ2v) is 5.62. The van der Waals surface area contributed by atoms with Crippen molar-refractivity contribution in [2.24, 2.45) is 0 Å². The van der Waals surface area contributed by atoms with Crippen molar-refractivity contribution in [2.75, 3.05) is 39.9 Å². The molecule has 1 aromatic rings. The van der Waals surface area contributed by atoms with Gasteiger partial charge < -0.3 is 15.2 Å². The highest BCUT2D eigenvalue weighted by Crippen LogP contribution is 2.38. The third-order valence-corrected chi connectivity index (χ3v) is 4.15. The summed E-state index contributed by atoms with van der Waals surface area (Å²) in [5.41, 5.74) is 0.0372. The first kappa shape index (κ1) is 21.0. The summed E-state index contributed by atoms with van der Waals surface area (Å²) in [6.45, 7) is 3.39. The molecule has 0 saturated carbocycles. The summed E-state index contributed by atoms with van der Waals surface area (Å²) in [7, 11) is 1.39. The number of ether oxygens (including phenoxy) is 1. The van der Waals surface area contributed by atoms with Gasteiger partial charge in [0.2, 0.25) is 0 Å². The minimum absolute atomic E-state index is 0. The number of alkyl halides is 3. The topological polar surface area (TPSA) is 44.7 Å². The van der Waals surface area contributed by atoms with Crippen LogP contribution in [-0.2, 0) is 6.18 Å².